The first-order chi connectivity index (χ1) is 8.74. The molecule has 0 saturated heterocycles. The Labute approximate surface area is 107 Å². The fourth-order valence-electron chi connectivity index (χ4n) is 3.08. The van der Waals surface area contributed by atoms with Crippen LogP contribution >= 0.6 is 0 Å². The van der Waals surface area contributed by atoms with Crippen LogP contribution in [0.4, 0.5) is 0 Å². The first kappa shape index (κ1) is 11.8. The van der Waals surface area contributed by atoms with Crippen molar-refractivity contribution in [1.29, 1.82) is 0 Å². The summed E-state index contributed by atoms with van der Waals surface area (Å²) in [7, 11) is 0. The Kier molecular flexibility index (Phi) is 3.10. The largest absolute Gasteiger partial charge is 0.360 e. The van der Waals surface area contributed by atoms with E-state index in [0.717, 1.165) is 43.4 Å². The van der Waals surface area contributed by atoms with E-state index in [2.05, 4.69) is 17.4 Å². The third kappa shape index (κ3) is 2.16. The summed E-state index contributed by atoms with van der Waals surface area (Å²) in [5, 5.41) is 7.07. The summed E-state index contributed by atoms with van der Waals surface area (Å²) in [5.74, 6) is 1.50. The van der Waals surface area contributed by atoms with Crippen molar-refractivity contribution < 1.29 is 9.32 Å². The van der Waals surface area contributed by atoms with Crippen molar-refractivity contribution in [2.45, 2.75) is 57.9 Å². The smallest absolute Gasteiger partial charge is 0.273 e. The van der Waals surface area contributed by atoms with Gasteiger partial charge in [0.2, 0.25) is 0 Å². The normalized spacial score (nSPS) is 23.9. The van der Waals surface area contributed by atoms with Gasteiger partial charge in [-0.15, -0.1) is 0 Å². The Morgan fingerprint density at radius 3 is 2.89 bits per heavy atom. The molecule has 1 aromatic rings. The molecule has 1 fully saturated rings. The van der Waals surface area contributed by atoms with Crippen molar-refractivity contribution in [3.8, 4) is 0 Å². The molecule has 0 aromatic carbocycles. The van der Waals surface area contributed by atoms with Gasteiger partial charge in [-0.3, -0.25) is 4.79 Å². The van der Waals surface area contributed by atoms with Gasteiger partial charge in [-0.1, -0.05) is 24.9 Å². The summed E-state index contributed by atoms with van der Waals surface area (Å²) in [6, 6.07) is 0.339. The summed E-state index contributed by atoms with van der Waals surface area (Å²) in [5.41, 5.74) is 1.58. The highest BCUT2D eigenvalue weighted by Gasteiger charge is 2.28. The molecule has 1 heterocycles. The molecule has 98 valence electrons. The molecule has 1 N–H and O–H groups in total. The van der Waals surface area contributed by atoms with Gasteiger partial charge in [-0.25, -0.2) is 0 Å². The summed E-state index contributed by atoms with van der Waals surface area (Å²) in [4.78, 5) is 12.2. The van der Waals surface area contributed by atoms with Crippen molar-refractivity contribution in [1.82, 2.24) is 10.5 Å². The number of rotatable bonds is 2. The summed E-state index contributed by atoms with van der Waals surface area (Å²) < 4.78 is 5.31. The van der Waals surface area contributed by atoms with Crippen molar-refractivity contribution in [3.63, 3.8) is 0 Å². The third-order valence-electron chi connectivity index (χ3n) is 4.19. The molecule has 1 aromatic heterocycles. The Balaban J connectivity index is 1.75. The van der Waals surface area contributed by atoms with Crippen LogP contribution in [0.15, 0.2) is 4.52 Å². The topological polar surface area (TPSA) is 55.1 Å². The molecular weight excluding hydrogens is 228 g/mol. The number of carbonyl (C=O) groups is 1. The van der Waals surface area contributed by atoms with Crippen molar-refractivity contribution >= 4 is 5.91 Å². The van der Waals surface area contributed by atoms with Crippen LogP contribution in [0.5, 0.6) is 0 Å². The zero-order valence-electron chi connectivity index (χ0n) is 10.9. The van der Waals surface area contributed by atoms with E-state index < -0.39 is 0 Å². The summed E-state index contributed by atoms with van der Waals surface area (Å²) in [6.45, 7) is 2.22. The number of amides is 1. The van der Waals surface area contributed by atoms with Crippen LogP contribution in [0.1, 0.15) is 60.8 Å². The highest BCUT2D eigenvalue weighted by atomic mass is 16.5. The number of hydrogen-bond donors (Lipinski definition) is 1. The fraction of sp³-hybridized carbons (Fsp3) is 0.714. The van der Waals surface area contributed by atoms with Gasteiger partial charge in [0.05, 0.1) is 0 Å². The van der Waals surface area contributed by atoms with E-state index in [1.165, 1.54) is 12.8 Å². The number of aryl methyl sites for hydroxylation is 1. The van der Waals surface area contributed by atoms with Crippen LogP contribution in [-0.2, 0) is 12.8 Å². The van der Waals surface area contributed by atoms with Gasteiger partial charge in [0, 0.05) is 18.0 Å². The zero-order chi connectivity index (χ0) is 12.5. The Morgan fingerprint density at radius 2 is 2.11 bits per heavy atom. The summed E-state index contributed by atoms with van der Waals surface area (Å²) >= 11 is 0. The highest BCUT2D eigenvalue weighted by Crippen LogP contribution is 2.28. The van der Waals surface area contributed by atoms with E-state index >= 15 is 0 Å². The molecule has 2 aliphatic rings. The molecule has 0 radical (unpaired) electrons. The number of nitrogens with zero attached hydrogens (tertiary/aromatic N) is 1. The number of hydrogen-bond acceptors (Lipinski definition) is 3. The van der Waals surface area contributed by atoms with Crippen molar-refractivity contribution in [2.24, 2.45) is 5.92 Å². The quantitative estimate of drug-likeness (QED) is 0.874. The molecule has 4 nitrogen and oxygen atoms in total. The Morgan fingerprint density at radius 1 is 1.33 bits per heavy atom. The van der Waals surface area contributed by atoms with E-state index in [-0.39, 0.29) is 5.91 Å². The predicted octanol–water partition coefficient (Wildman–Crippen LogP) is 2.47. The van der Waals surface area contributed by atoms with Crippen LogP contribution in [-0.4, -0.2) is 17.1 Å². The van der Waals surface area contributed by atoms with Gasteiger partial charge >= 0.3 is 0 Å². The lowest BCUT2D eigenvalue weighted by Crippen LogP contribution is -2.33. The number of carbonyl (C=O) groups excluding carboxylic acids is 1. The maximum absolute atomic E-state index is 12.2. The first-order valence-corrected chi connectivity index (χ1v) is 7.02. The molecule has 0 spiro atoms. The van der Waals surface area contributed by atoms with Crippen LogP contribution in [0.3, 0.4) is 0 Å². The molecular formula is C14H20N2O2. The molecule has 4 heteroatoms. The van der Waals surface area contributed by atoms with Crippen molar-refractivity contribution in [2.75, 3.05) is 0 Å². The lowest BCUT2D eigenvalue weighted by atomic mass is 9.88. The molecule has 0 bridgehead atoms. The molecule has 18 heavy (non-hydrogen) atoms. The number of nitrogens with one attached hydrogen (secondary N) is 1. The highest BCUT2D eigenvalue weighted by molar-refractivity contribution is 5.94. The second kappa shape index (κ2) is 4.75. The van der Waals surface area contributed by atoms with Gasteiger partial charge in [0.15, 0.2) is 5.69 Å². The predicted molar refractivity (Wildman–Crippen MR) is 67.4 cm³/mol. The minimum absolute atomic E-state index is 0.0407. The second-order valence-electron chi connectivity index (χ2n) is 5.74. The molecule has 3 rings (SSSR count). The number of aromatic nitrogens is 1. The standard InChI is InChI=1S/C14H20N2O2/c1-9-6-7-12-11(8-9)13(16-18-12)14(17)15-10-4-2-3-5-10/h9-10H,2-8H2,1H3,(H,15,17)/t9-/m0/s1. The van der Waals surface area contributed by atoms with Crippen LogP contribution in [0, 0.1) is 5.92 Å². The lowest BCUT2D eigenvalue weighted by molar-refractivity contribution is 0.0928. The van der Waals surface area contributed by atoms with E-state index in [1.807, 2.05) is 0 Å². The van der Waals surface area contributed by atoms with Gasteiger partial charge in [-0.2, -0.15) is 0 Å². The number of fused-ring (bicyclic) bond motifs is 1. The van der Waals surface area contributed by atoms with Gasteiger partial charge in [-0.05, 0) is 31.6 Å². The molecule has 0 aliphatic heterocycles. The van der Waals surface area contributed by atoms with Crippen molar-refractivity contribution in [3.05, 3.63) is 17.0 Å². The monoisotopic (exact) mass is 248 g/mol. The van der Waals surface area contributed by atoms with Gasteiger partial charge in [0.1, 0.15) is 5.76 Å². The van der Waals surface area contributed by atoms with Crippen LogP contribution in [0.25, 0.3) is 0 Å². The average molecular weight is 248 g/mol. The Bertz CT molecular complexity index is 447. The minimum atomic E-state index is -0.0407. The van der Waals surface area contributed by atoms with E-state index in [0.29, 0.717) is 17.7 Å². The molecule has 1 atom stereocenters. The van der Waals surface area contributed by atoms with Gasteiger partial charge in [0.25, 0.3) is 5.91 Å². The van der Waals surface area contributed by atoms with E-state index in [9.17, 15) is 4.79 Å². The fourth-order valence-corrected chi connectivity index (χ4v) is 3.08. The van der Waals surface area contributed by atoms with E-state index in [4.69, 9.17) is 4.52 Å². The maximum atomic E-state index is 12.2. The first-order valence-electron chi connectivity index (χ1n) is 7.02. The minimum Gasteiger partial charge on any atom is -0.360 e. The zero-order valence-corrected chi connectivity index (χ0v) is 10.9. The Hall–Kier alpha value is -1.32. The molecule has 2 aliphatic carbocycles. The van der Waals surface area contributed by atoms with Gasteiger partial charge < -0.3 is 9.84 Å². The lowest BCUT2D eigenvalue weighted by Gasteiger charge is -2.17. The second-order valence-corrected chi connectivity index (χ2v) is 5.74. The van der Waals surface area contributed by atoms with E-state index in [1.54, 1.807) is 0 Å². The van der Waals surface area contributed by atoms with Crippen LogP contribution < -0.4 is 5.32 Å². The third-order valence-corrected chi connectivity index (χ3v) is 4.19. The van der Waals surface area contributed by atoms with Crippen LogP contribution in [0.2, 0.25) is 0 Å². The summed E-state index contributed by atoms with van der Waals surface area (Å²) in [6.07, 6.45) is 7.61. The maximum Gasteiger partial charge on any atom is 0.273 e. The molecule has 1 saturated carbocycles. The molecule has 1 amide bonds. The molecule has 0 unspecified atom stereocenters. The average Bonchev–Trinajstić information content (AvgIpc) is 2.97. The SMILES string of the molecule is C[C@H]1CCc2onc(C(=O)NC3CCCC3)c2C1.